The Morgan fingerprint density at radius 2 is 2.06 bits per heavy atom. The van der Waals surface area contributed by atoms with Crippen molar-refractivity contribution in [1.82, 2.24) is 18.9 Å². The number of nitrogens with zero attached hydrogens (tertiary/aromatic N) is 5. The van der Waals surface area contributed by atoms with E-state index in [9.17, 15) is 4.79 Å². The van der Waals surface area contributed by atoms with Gasteiger partial charge >= 0.3 is 5.69 Å². The lowest BCUT2D eigenvalue weighted by atomic mass is 10.1. The molecule has 0 bridgehead atoms. The molecule has 0 amide bonds. The molecule has 1 atom stereocenters. The van der Waals surface area contributed by atoms with Gasteiger partial charge in [-0.1, -0.05) is 0 Å². The third-order valence-electron chi connectivity index (χ3n) is 6.48. The Morgan fingerprint density at radius 1 is 1.25 bits per heavy atom. The Labute approximate surface area is 187 Å². The van der Waals surface area contributed by atoms with E-state index >= 15 is 4.39 Å². The molecule has 0 unspecified atom stereocenters. The highest BCUT2D eigenvalue weighted by Crippen LogP contribution is 2.44. The molecular formula is C24H30FN5O2. The van der Waals surface area contributed by atoms with Crippen LogP contribution in [0.15, 0.2) is 35.5 Å². The summed E-state index contributed by atoms with van der Waals surface area (Å²) in [7, 11) is 0. The van der Waals surface area contributed by atoms with Crippen LogP contribution in [-0.2, 0) is 17.8 Å². The van der Waals surface area contributed by atoms with Gasteiger partial charge in [0.15, 0.2) is 5.82 Å². The van der Waals surface area contributed by atoms with E-state index in [0.717, 1.165) is 55.0 Å². The van der Waals surface area contributed by atoms with Crippen LogP contribution in [0.1, 0.15) is 49.4 Å². The van der Waals surface area contributed by atoms with Crippen molar-refractivity contribution in [3.63, 3.8) is 0 Å². The number of halogens is 1. The van der Waals surface area contributed by atoms with Gasteiger partial charge in [0.1, 0.15) is 0 Å². The molecule has 2 fully saturated rings. The third kappa shape index (κ3) is 3.88. The maximum Gasteiger partial charge on any atom is 0.333 e. The summed E-state index contributed by atoms with van der Waals surface area (Å²) < 4.78 is 26.3. The summed E-state index contributed by atoms with van der Waals surface area (Å²) in [6, 6.07) is 3.79. The minimum absolute atomic E-state index is 0.122. The molecule has 1 aromatic carbocycles. The maximum atomic E-state index is 15.6. The van der Waals surface area contributed by atoms with Crippen LogP contribution >= 0.6 is 0 Å². The van der Waals surface area contributed by atoms with Crippen molar-refractivity contribution >= 4 is 5.69 Å². The number of morpholine rings is 1. The van der Waals surface area contributed by atoms with Crippen LogP contribution in [0.3, 0.4) is 0 Å². The molecule has 1 aliphatic heterocycles. The molecule has 1 aliphatic carbocycles. The number of hydrogen-bond acceptors (Lipinski definition) is 4. The molecule has 5 rings (SSSR count). The zero-order valence-corrected chi connectivity index (χ0v) is 18.9. The summed E-state index contributed by atoms with van der Waals surface area (Å²) in [5, 5.41) is 4.30. The van der Waals surface area contributed by atoms with Crippen molar-refractivity contribution in [1.29, 1.82) is 0 Å². The van der Waals surface area contributed by atoms with Crippen LogP contribution in [0.2, 0.25) is 0 Å². The fourth-order valence-corrected chi connectivity index (χ4v) is 4.52. The Kier molecular flexibility index (Phi) is 5.41. The van der Waals surface area contributed by atoms with E-state index < -0.39 is 0 Å². The van der Waals surface area contributed by atoms with Crippen molar-refractivity contribution in [3.05, 3.63) is 63.8 Å². The predicted molar refractivity (Wildman–Crippen MR) is 121 cm³/mol. The maximum absolute atomic E-state index is 15.6. The first-order valence-electron chi connectivity index (χ1n) is 11.4. The molecule has 0 N–H and O–H groups in total. The van der Waals surface area contributed by atoms with Crippen molar-refractivity contribution in [2.24, 2.45) is 0 Å². The Morgan fingerprint density at radius 3 is 2.75 bits per heavy atom. The number of imidazole rings is 1. The van der Waals surface area contributed by atoms with Gasteiger partial charge in [0.05, 0.1) is 31.1 Å². The van der Waals surface area contributed by atoms with E-state index in [4.69, 9.17) is 4.74 Å². The van der Waals surface area contributed by atoms with Gasteiger partial charge in [-0.25, -0.2) is 9.18 Å². The van der Waals surface area contributed by atoms with Crippen LogP contribution in [0.4, 0.5) is 10.1 Å². The Hall–Kier alpha value is -2.87. The van der Waals surface area contributed by atoms with Gasteiger partial charge in [-0.15, -0.1) is 0 Å². The molecule has 170 valence electrons. The molecule has 3 heterocycles. The topological polar surface area (TPSA) is 57.2 Å². The predicted octanol–water partition coefficient (Wildman–Crippen LogP) is 3.45. The first-order chi connectivity index (χ1) is 15.4. The Balaban J connectivity index is 1.56. The summed E-state index contributed by atoms with van der Waals surface area (Å²) in [5.74, 6) is -0.0402. The molecular weight excluding hydrogens is 409 g/mol. The number of benzene rings is 1. The molecule has 8 heteroatoms. The van der Waals surface area contributed by atoms with Gasteiger partial charge < -0.3 is 9.64 Å². The minimum atomic E-state index is -0.282. The number of anilines is 1. The van der Waals surface area contributed by atoms with E-state index in [-0.39, 0.29) is 23.5 Å². The second-order valence-electron chi connectivity index (χ2n) is 8.98. The van der Waals surface area contributed by atoms with E-state index in [1.54, 1.807) is 17.0 Å². The van der Waals surface area contributed by atoms with E-state index in [1.807, 2.05) is 43.8 Å². The molecule has 0 radical (unpaired) electrons. The summed E-state index contributed by atoms with van der Waals surface area (Å²) >= 11 is 0. The number of aromatic nitrogens is 4. The highest BCUT2D eigenvalue weighted by atomic mass is 19.1. The summed E-state index contributed by atoms with van der Waals surface area (Å²) in [6.45, 7) is 9.30. The van der Waals surface area contributed by atoms with Gasteiger partial charge in [-0.3, -0.25) is 13.8 Å². The Bertz CT molecular complexity index is 1190. The summed E-state index contributed by atoms with van der Waals surface area (Å²) in [6.07, 6.45) is 7.57. The SMILES string of the molecule is CCn1cc(Cn2c(C)cn(-c3cc(N4CCO[C@H](C)C4)cc(C4CC4)c3F)c2=O)cn1. The molecule has 7 nitrogen and oxygen atoms in total. The lowest BCUT2D eigenvalue weighted by molar-refractivity contribution is 0.0532. The molecule has 32 heavy (non-hydrogen) atoms. The molecule has 3 aromatic rings. The molecule has 0 spiro atoms. The summed E-state index contributed by atoms with van der Waals surface area (Å²) in [5.41, 5.74) is 3.51. The van der Waals surface area contributed by atoms with Gasteiger partial charge in [-0.2, -0.15) is 5.10 Å². The van der Waals surface area contributed by atoms with E-state index in [2.05, 4.69) is 10.00 Å². The summed E-state index contributed by atoms with van der Waals surface area (Å²) in [4.78, 5) is 15.6. The minimum Gasteiger partial charge on any atom is -0.375 e. The van der Waals surface area contributed by atoms with E-state index in [0.29, 0.717) is 18.8 Å². The second-order valence-corrected chi connectivity index (χ2v) is 8.98. The van der Waals surface area contributed by atoms with Crippen LogP contribution < -0.4 is 10.6 Å². The van der Waals surface area contributed by atoms with Crippen LogP contribution in [0.5, 0.6) is 0 Å². The first kappa shape index (κ1) is 21.0. The lowest BCUT2D eigenvalue weighted by Crippen LogP contribution is -2.41. The van der Waals surface area contributed by atoms with Gasteiger partial charge in [0.25, 0.3) is 0 Å². The fourth-order valence-electron chi connectivity index (χ4n) is 4.52. The first-order valence-corrected chi connectivity index (χ1v) is 11.4. The smallest absolute Gasteiger partial charge is 0.333 e. The average Bonchev–Trinajstić information content (AvgIpc) is 3.46. The highest BCUT2D eigenvalue weighted by Gasteiger charge is 2.30. The second kappa shape index (κ2) is 8.24. The van der Waals surface area contributed by atoms with Crippen molar-refractivity contribution < 1.29 is 9.13 Å². The number of rotatable bonds is 6. The zero-order valence-electron chi connectivity index (χ0n) is 18.9. The monoisotopic (exact) mass is 439 g/mol. The zero-order chi connectivity index (χ0) is 22.4. The molecule has 1 saturated heterocycles. The van der Waals surface area contributed by atoms with Crippen molar-refractivity contribution in [2.75, 3.05) is 24.6 Å². The average molecular weight is 440 g/mol. The van der Waals surface area contributed by atoms with Crippen LogP contribution in [0.25, 0.3) is 5.69 Å². The van der Waals surface area contributed by atoms with Gasteiger partial charge in [0, 0.05) is 49.0 Å². The van der Waals surface area contributed by atoms with Crippen molar-refractivity contribution in [2.45, 2.75) is 58.7 Å². The van der Waals surface area contributed by atoms with E-state index in [1.165, 1.54) is 4.57 Å². The number of ether oxygens (including phenoxy) is 1. The molecule has 2 aliphatic rings. The lowest BCUT2D eigenvalue weighted by Gasteiger charge is -2.33. The van der Waals surface area contributed by atoms with Gasteiger partial charge in [0.2, 0.25) is 0 Å². The van der Waals surface area contributed by atoms with Crippen LogP contribution in [0, 0.1) is 12.7 Å². The normalized spacial score (nSPS) is 19.0. The third-order valence-corrected chi connectivity index (χ3v) is 6.48. The molecule has 2 aromatic heterocycles. The van der Waals surface area contributed by atoms with Crippen LogP contribution in [-0.4, -0.2) is 44.7 Å². The standard InChI is InChI=1S/C24H30FN5O2/c1-4-28-14-18(11-26-28)15-29-16(2)12-30(24(29)31)22-10-20(27-7-8-32-17(3)13-27)9-21(23(22)25)19-5-6-19/h9-12,14,17,19H,4-8,13,15H2,1-3H3/t17-/m1/s1. The molecule has 1 saturated carbocycles. The number of hydrogen-bond donors (Lipinski definition) is 0. The number of aryl methyl sites for hydroxylation is 2. The highest BCUT2D eigenvalue weighted by molar-refractivity contribution is 5.58. The fraction of sp³-hybridized carbons (Fsp3) is 0.500. The largest absolute Gasteiger partial charge is 0.375 e. The van der Waals surface area contributed by atoms with Gasteiger partial charge in [-0.05, 0) is 57.2 Å². The van der Waals surface area contributed by atoms with Crippen molar-refractivity contribution in [3.8, 4) is 5.69 Å². The quantitative estimate of drug-likeness (QED) is 0.590.